The Hall–Kier alpha value is -1.53. The minimum atomic E-state index is -0.111. The quantitative estimate of drug-likeness (QED) is 0.823. The number of pyridine rings is 1. The molecule has 4 aliphatic rings. The van der Waals surface area contributed by atoms with Gasteiger partial charge in [0.25, 0.3) is 0 Å². The van der Waals surface area contributed by atoms with Gasteiger partial charge in [0, 0.05) is 23.0 Å². The maximum absolute atomic E-state index is 6.47. The van der Waals surface area contributed by atoms with E-state index in [9.17, 15) is 0 Å². The van der Waals surface area contributed by atoms with Crippen LogP contribution in [0.3, 0.4) is 0 Å². The molecule has 3 heterocycles. The summed E-state index contributed by atoms with van der Waals surface area (Å²) in [6.45, 7) is 0. The third-order valence-electron chi connectivity index (χ3n) is 7.08. The van der Waals surface area contributed by atoms with Gasteiger partial charge in [-0.1, -0.05) is 43.9 Å². The average Bonchev–Trinajstić information content (AvgIpc) is 3.37. The van der Waals surface area contributed by atoms with Crippen LogP contribution in [-0.4, -0.2) is 29.3 Å². The molecule has 2 saturated carbocycles. The molecule has 5 nitrogen and oxygen atoms in total. The number of nitrogens with one attached hydrogen (secondary N) is 2. The molecule has 2 N–H and O–H groups in total. The molecule has 1 aromatic carbocycles. The summed E-state index contributed by atoms with van der Waals surface area (Å²) in [7, 11) is 0. The van der Waals surface area contributed by atoms with Crippen molar-refractivity contribution >= 4 is 10.9 Å². The van der Waals surface area contributed by atoms with Crippen LogP contribution in [-0.2, 0) is 9.47 Å². The Morgan fingerprint density at radius 3 is 2.18 bits per heavy atom. The topological polar surface area (TPSA) is 55.4 Å². The lowest BCUT2D eigenvalue weighted by molar-refractivity contribution is 0.0204. The number of hydrogen-bond donors (Lipinski definition) is 2. The van der Waals surface area contributed by atoms with Crippen molar-refractivity contribution in [2.45, 2.75) is 88.1 Å². The summed E-state index contributed by atoms with van der Waals surface area (Å²) < 4.78 is 12.8. The SMILES string of the molecule is c1ccc2c(C3NC4CCCCC4O3)cc(C3NC4CCCCC4O3)nc2c1. The molecule has 5 heteroatoms. The first-order valence-corrected chi connectivity index (χ1v) is 11.1. The van der Waals surface area contributed by atoms with E-state index in [1.807, 2.05) is 0 Å². The smallest absolute Gasteiger partial charge is 0.152 e. The van der Waals surface area contributed by atoms with Crippen LogP contribution in [0.15, 0.2) is 30.3 Å². The lowest BCUT2D eigenvalue weighted by Crippen LogP contribution is -2.34. The summed E-state index contributed by atoms with van der Waals surface area (Å²) in [4.78, 5) is 4.97. The average molecular weight is 380 g/mol. The molecule has 148 valence electrons. The summed E-state index contributed by atoms with van der Waals surface area (Å²) in [6.07, 6.45) is 10.4. The van der Waals surface area contributed by atoms with Gasteiger partial charge in [0.2, 0.25) is 0 Å². The molecule has 0 amide bonds. The minimum absolute atomic E-state index is 0.0524. The lowest BCUT2D eigenvalue weighted by atomic mass is 9.93. The van der Waals surface area contributed by atoms with Gasteiger partial charge in [0.15, 0.2) is 6.23 Å². The Bertz CT molecular complexity index is 844. The highest BCUT2D eigenvalue weighted by molar-refractivity contribution is 5.82. The van der Waals surface area contributed by atoms with Crippen molar-refractivity contribution in [3.05, 3.63) is 41.6 Å². The second-order valence-electron chi connectivity index (χ2n) is 8.88. The van der Waals surface area contributed by atoms with E-state index in [2.05, 4.69) is 41.0 Å². The van der Waals surface area contributed by atoms with E-state index in [-0.39, 0.29) is 12.5 Å². The molecule has 4 fully saturated rings. The second-order valence-corrected chi connectivity index (χ2v) is 8.88. The fourth-order valence-corrected chi connectivity index (χ4v) is 5.61. The Balaban J connectivity index is 1.36. The Kier molecular flexibility index (Phi) is 4.37. The molecule has 2 aliphatic heterocycles. The van der Waals surface area contributed by atoms with Gasteiger partial charge in [-0.05, 0) is 37.8 Å². The number of fused-ring (bicyclic) bond motifs is 3. The zero-order chi connectivity index (χ0) is 18.5. The van der Waals surface area contributed by atoms with Crippen molar-refractivity contribution in [2.24, 2.45) is 0 Å². The van der Waals surface area contributed by atoms with Crippen molar-refractivity contribution in [2.75, 3.05) is 0 Å². The van der Waals surface area contributed by atoms with E-state index in [1.165, 1.54) is 55.9 Å². The van der Waals surface area contributed by atoms with Gasteiger partial charge in [-0.3, -0.25) is 10.6 Å². The van der Waals surface area contributed by atoms with Crippen LogP contribution in [0.5, 0.6) is 0 Å². The zero-order valence-corrected chi connectivity index (χ0v) is 16.3. The van der Waals surface area contributed by atoms with Crippen LogP contribution in [0.25, 0.3) is 10.9 Å². The molecule has 2 aliphatic carbocycles. The van der Waals surface area contributed by atoms with E-state index >= 15 is 0 Å². The molecular formula is C23H29N3O2. The van der Waals surface area contributed by atoms with Crippen LogP contribution >= 0.6 is 0 Å². The monoisotopic (exact) mass is 379 g/mol. The Labute approximate surface area is 166 Å². The maximum atomic E-state index is 6.47. The number of nitrogens with zero attached hydrogens (tertiary/aromatic N) is 1. The van der Waals surface area contributed by atoms with E-state index in [4.69, 9.17) is 14.5 Å². The highest BCUT2D eigenvalue weighted by atomic mass is 16.5. The van der Waals surface area contributed by atoms with Crippen LogP contribution < -0.4 is 10.6 Å². The van der Waals surface area contributed by atoms with Gasteiger partial charge in [0.1, 0.15) is 6.23 Å². The van der Waals surface area contributed by atoms with Crippen LogP contribution in [0, 0.1) is 0 Å². The van der Waals surface area contributed by atoms with Gasteiger partial charge in [-0.15, -0.1) is 0 Å². The summed E-state index contributed by atoms with van der Waals surface area (Å²) in [6, 6.07) is 11.6. The molecule has 6 atom stereocenters. The summed E-state index contributed by atoms with van der Waals surface area (Å²) in [5.41, 5.74) is 3.22. The third-order valence-corrected chi connectivity index (χ3v) is 7.08. The first-order chi connectivity index (χ1) is 13.8. The largest absolute Gasteiger partial charge is 0.354 e. The normalized spacial score (nSPS) is 37.7. The predicted octanol–water partition coefficient (Wildman–Crippen LogP) is 4.09. The van der Waals surface area contributed by atoms with Crippen LogP contribution in [0.1, 0.15) is 75.1 Å². The van der Waals surface area contributed by atoms with Crippen LogP contribution in [0.4, 0.5) is 0 Å². The fraction of sp³-hybridized carbons (Fsp3) is 0.609. The van der Waals surface area contributed by atoms with E-state index in [0.29, 0.717) is 24.3 Å². The molecule has 1 aromatic heterocycles. The van der Waals surface area contributed by atoms with Gasteiger partial charge in [-0.25, -0.2) is 4.98 Å². The summed E-state index contributed by atoms with van der Waals surface area (Å²) in [5.74, 6) is 0. The molecule has 0 radical (unpaired) electrons. The van der Waals surface area contributed by atoms with Crippen molar-refractivity contribution in [3.63, 3.8) is 0 Å². The van der Waals surface area contributed by atoms with Crippen LogP contribution in [0.2, 0.25) is 0 Å². The van der Waals surface area contributed by atoms with Crippen molar-refractivity contribution < 1.29 is 9.47 Å². The lowest BCUT2D eigenvalue weighted by Gasteiger charge is -2.22. The number of para-hydroxylation sites is 1. The molecule has 2 aromatic rings. The van der Waals surface area contributed by atoms with Crippen molar-refractivity contribution in [3.8, 4) is 0 Å². The first kappa shape index (κ1) is 17.3. The third kappa shape index (κ3) is 2.96. The number of rotatable bonds is 2. The van der Waals surface area contributed by atoms with Gasteiger partial charge >= 0.3 is 0 Å². The Morgan fingerprint density at radius 1 is 0.786 bits per heavy atom. The minimum Gasteiger partial charge on any atom is -0.354 e. The molecule has 28 heavy (non-hydrogen) atoms. The van der Waals surface area contributed by atoms with Gasteiger partial charge < -0.3 is 9.47 Å². The van der Waals surface area contributed by atoms with Crippen molar-refractivity contribution in [1.29, 1.82) is 0 Å². The predicted molar refractivity (Wildman–Crippen MR) is 108 cm³/mol. The van der Waals surface area contributed by atoms with E-state index in [0.717, 1.165) is 17.6 Å². The summed E-state index contributed by atoms with van der Waals surface area (Å²) in [5, 5.41) is 8.63. The highest BCUT2D eigenvalue weighted by Gasteiger charge is 2.40. The second kappa shape index (κ2) is 7.06. The highest BCUT2D eigenvalue weighted by Crippen LogP contribution is 2.38. The van der Waals surface area contributed by atoms with Crippen molar-refractivity contribution in [1.82, 2.24) is 15.6 Å². The Morgan fingerprint density at radius 2 is 1.43 bits per heavy atom. The number of aromatic nitrogens is 1. The first-order valence-electron chi connectivity index (χ1n) is 11.1. The standard InChI is InChI=1S/C23H29N3O2/c1-2-8-16-14(7-1)15(22-25-17-9-3-5-11-20(17)27-22)13-19(24-16)23-26-18-10-4-6-12-21(18)28-23/h1-2,7-8,13,17-18,20-23,25-26H,3-6,9-12H2. The molecule has 0 bridgehead atoms. The van der Waals surface area contributed by atoms with Gasteiger partial charge in [-0.2, -0.15) is 0 Å². The van der Waals surface area contributed by atoms with E-state index < -0.39 is 0 Å². The number of hydrogen-bond acceptors (Lipinski definition) is 5. The molecular weight excluding hydrogens is 350 g/mol. The molecule has 2 saturated heterocycles. The number of benzene rings is 1. The summed E-state index contributed by atoms with van der Waals surface area (Å²) >= 11 is 0. The molecule has 6 unspecified atom stereocenters. The fourth-order valence-electron chi connectivity index (χ4n) is 5.61. The molecule has 6 rings (SSSR count). The maximum Gasteiger partial charge on any atom is 0.152 e. The molecule has 0 spiro atoms. The zero-order valence-electron chi connectivity index (χ0n) is 16.3. The van der Waals surface area contributed by atoms with E-state index in [1.54, 1.807) is 0 Å². The van der Waals surface area contributed by atoms with Gasteiger partial charge in [0.05, 0.1) is 23.4 Å². The number of ether oxygens (including phenoxy) is 2.